The van der Waals surface area contributed by atoms with Crippen LogP contribution in [-0.2, 0) is 24.6 Å². The van der Waals surface area contributed by atoms with Gasteiger partial charge in [-0.25, -0.2) is 16.8 Å². The fourth-order valence-corrected chi connectivity index (χ4v) is 9.61. The first-order chi connectivity index (χ1) is 15.0. The highest BCUT2D eigenvalue weighted by atomic mass is 32.2. The van der Waals surface area contributed by atoms with Gasteiger partial charge in [-0.05, 0) is 11.1 Å². The van der Waals surface area contributed by atoms with Crippen molar-refractivity contribution in [3.63, 3.8) is 0 Å². The minimum atomic E-state index is -6.81. The molecule has 0 bridgehead atoms. The van der Waals surface area contributed by atoms with Gasteiger partial charge in [0.1, 0.15) is 0 Å². The molecule has 0 spiro atoms. The Kier molecular flexibility index (Phi) is 6.27. The van der Waals surface area contributed by atoms with Crippen LogP contribution >= 0.6 is 7.67 Å². The van der Waals surface area contributed by atoms with Crippen LogP contribution in [0.4, 0.5) is 26.3 Å². The Balaban J connectivity index is 2.48. The zero-order chi connectivity index (χ0) is 25.0. The van der Waals surface area contributed by atoms with Gasteiger partial charge in [0.2, 0.25) is 0 Å². The Morgan fingerprint density at radius 2 is 0.939 bits per heavy atom. The number of hydrogen-bond acceptors (Lipinski definition) is 5. The van der Waals surface area contributed by atoms with E-state index in [2.05, 4.69) is 0 Å². The SMILES string of the molecule is O=P1(O)N(S(=O)(=O)C(F)(F)F)C(c2ccccc2)C(c2ccccc2)N1S(=O)(=O)C(F)(F)F. The van der Waals surface area contributed by atoms with Crippen LogP contribution in [0.5, 0.6) is 0 Å². The highest BCUT2D eigenvalue weighted by Crippen LogP contribution is 2.71. The largest absolute Gasteiger partial charge is 0.512 e. The first-order valence-electron chi connectivity index (χ1n) is 8.60. The Labute approximate surface area is 183 Å². The molecule has 2 atom stereocenters. The molecular weight excluding hydrogens is 525 g/mol. The van der Waals surface area contributed by atoms with E-state index in [-0.39, 0.29) is 0 Å². The third-order valence-corrected chi connectivity index (χ3v) is 11.3. The van der Waals surface area contributed by atoms with Gasteiger partial charge < -0.3 is 4.89 Å². The van der Waals surface area contributed by atoms with Gasteiger partial charge in [0.05, 0.1) is 12.1 Å². The molecule has 17 heteroatoms. The first-order valence-corrected chi connectivity index (χ1v) is 13.1. The second kappa shape index (κ2) is 8.06. The maximum Gasteiger partial charge on any atom is 0.512 e. The zero-order valence-electron chi connectivity index (χ0n) is 15.8. The second-order valence-electron chi connectivity index (χ2n) is 6.67. The summed E-state index contributed by atoms with van der Waals surface area (Å²) in [5, 5.41) is 0. The van der Waals surface area contributed by atoms with Gasteiger partial charge in [-0.3, -0.25) is 4.57 Å². The average molecular weight is 538 g/mol. The maximum absolute atomic E-state index is 13.5. The lowest BCUT2D eigenvalue weighted by Crippen LogP contribution is -2.40. The van der Waals surface area contributed by atoms with E-state index in [0.29, 0.717) is 0 Å². The molecule has 2 unspecified atom stereocenters. The topological polar surface area (TPSA) is 112 Å². The lowest BCUT2D eigenvalue weighted by Gasteiger charge is -2.27. The zero-order valence-corrected chi connectivity index (χ0v) is 18.4. The van der Waals surface area contributed by atoms with E-state index in [9.17, 15) is 52.6 Å². The first kappa shape index (κ1) is 25.6. The van der Waals surface area contributed by atoms with Gasteiger partial charge in [0.25, 0.3) is 0 Å². The number of benzene rings is 2. The van der Waals surface area contributed by atoms with Crippen molar-refractivity contribution < 1.29 is 52.6 Å². The molecule has 182 valence electrons. The van der Waals surface area contributed by atoms with E-state index < -0.39 is 70.1 Å². The van der Waals surface area contributed by atoms with Crippen LogP contribution in [0.2, 0.25) is 0 Å². The third-order valence-electron chi connectivity index (χ3n) is 4.65. The quantitative estimate of drug-likeness (QED) is 0.467. The average Bonchev–Trinajstić information content (AvgIpc) is 2.96. The van der Waals surface area contributed by atoms with Crippen LogP contribution in [0.15, 0.2) is 60.7 Å². The molecule has 2 aromatic rings. The number of alkyl halides is 6. The smallest absolute Gasteiger partial charge is 0.320 e. The fraction of sp³-hybridized carbons (Fsp3) is 0.250. The van der Waals surface area contributed by atoms with Crippen LogP contribution in [0.1, 0.15) is 23.2 Å². The number of rotatable bonds is 4. The molecule has 1 heterocycles. The molecule has 0 aliphatic carbocycles. The predicted molar refractivity (Wildman–Crippen MR) is 102 cm³/mol. The molecule has 1 N–H and O–H groups in total. The Hall–Kier alpha value is -1.97. The number of nitrogens with zero attached hydrogens (tertiary/aromatic N) is 2. The number of hydrogen-bond donors (Lipinski definition) is 1. The summed E-state index contributed by atoms with van der Waals surface area (Å²) in [5.41, 5.74) is -13.4. The molecule has 0 radical (unpaired) electrons. The molecule has 3 rings (SSSR count). The summed E-state index contributed by atoms with van der Waals surface area (Å²) in [7, 11) is -20.2. The van der Waals surface area contributed by atoms with E-state index in [4.69, 9.17) is 0 Å². The van der Waals surface area contributed by atoms with Crippen molar-refractivity contribution >= 4 is 27.7 Å². The molecule has 0 amide bonds. The summed E-state index contributed by atoms with van der Waals surface area (Å²) in [6, 6.07) is 6.42. The molecule has 0 saturated carbocycles. The molecule has 33 heavy (non-hydrogen) atoms. The van der Waals surface area contributed by atoms with E-state index in [1.807, 2.05) is 0 Å². The summed E-state index contributed by atoms with van der Waals surface area (Å²) in [6.07, 6.45) is 0. The lowest BCUT2D eigenvalue weighted by atomic mass is 9.95. The van der Waals surface area contributed by atoms with Gasteiger partial charge in [-0.1, -0.05) is 68.8 Å². The van der Waals surface area contributed by atoms with Crippen molar-refractivity contribution in [1.29, 1.82) is 0 Å². The second-order valence-corrected chi connectivity index (χ2v) is 12.7. The van der Waals surface area contributed by atoms with Crippen molar-refractivity contribution in [3.05, 3.63) is 71.8 Å². The lowest BCUT2D eigenvalue weighted by molar-refractivity contribution is -0.0486. The monoisotopic (exact) mass is 538 g/mol. The van der Waals surface area contributed by atoms with Crippen molar-refractivity contribution in [3.8, 4) is 0 Å². The van der Waals surface area contributed by atoms with E-state index in [1.54, 1.807) is 0 Å². The third kappa shape index (κ3) is 4.08. The van der Waals surface area contributed by atoms with Crippen LogP contribution in [0.3, 0.4) is 0 Å². The Morgan fingerprint density at radius 1 is 0.667 bits per heavy atom. The molecule has 2 aromatic carbocycles. The highest BCUT2D eigenvalue weighted by Gasteiger charge is 2.72. The van der Waals surface area contributed by atoms with Gasteiger partial charge in [-0.2, -0.15) is 26.3 Å². The van der Waals surface area contributed by atoms with Crippen molar-refractivity contribution in [2.24, 2.45) is 0 Å². The number of sulfonamides is 2. The minimum Gasteiger partial charge on any atom is -0.320 e. The molecule has 8 nitrogen and oxygen atoms in total. The van der Waals surface area contributed by atoms with Gasteiger partial charge in [0, 0.05) is 0 Å². The van der Waals surface area contributed by atoms with Crippen LogP contribution in [0.25, 0.3) is 0 Å². The van der Waals surface area contributed by atoms with Crippen molar-refractivity contribution in [2.45, 2.75) is 23.1 Å². The Morgan fingerprint density at radius 3 is 1.18 bits per heavy atom. The normalized spacial score (nSPS) is 25.9. The molecular formula is C16H13F6N2O6PS2. The van der Waals surface area contributed by atoms with Crippen molar-refractivity contribution in [1.82, 2.24) is 8.15 Å². The van der Waals surface area contributed by atoms with E-state index in [1.165, 1.54) is 36.4 Å². The molecule has 1 aliphatic rings. The Bertz CT molecular complexity index is 1190. The van der Waals surface area contributed by atoms with Crippen LogP contribution < -0.4 is 0 Å². The summed E-state index contributed by atoms with van der Waals surface area (Å²) >= 11 is 0. The molecule has 1 saturated heterocycles. The maximum atomic E-state index is 13.5. The standard InChI is InChI=1S/C16H13F6N2O6PS2/c17-15(18,19)32(27,28)23-13(11-7-3-1-4-8-11)14(12-9-5-2-6-10-12)24(31(23,25)26)33(29,30)16(20,21)22/h1-10,13-14H,(H,25,26). The molecule has 0 aromatic heterocycles. The summed E-state index contributed by atoms with van der Waals surface area (Å²) in [6.45, 7) is 0. The van der Waals surface area contributed by atoms with Crippen molar-refractivity contribution in [2.75, 3.05) is 0 Å². The molecule has 1 fully saturated rings. The summed E-state index contributed by atoms with van der Waals surface area (Å²) in [4.78, 5) is 10.4. The van der Waals surface area contributed by atoms with Crippen LogP contribution in [-0.4, -0.2) is 40.9 Å². The predicted octanol–water partition coefficient (Wildman–Crippen LogP) is 3.89. The minimum absolute atomic E-state index is 0.451. The van der Waals surface area contributed by atoms with Gasteiger partial charge >= 0.3 is 38.7 Å². The summed E-state index contributed by atoms with van der Waals surface area (Å²) in [5.74, 6) is 0. The van der Waals surface area contributed by atoms with E-state index >= 15 is 0 Å². The fourth-order valence-electron chi connectivity index (χ4n) is 3.36. The highest BCUT2D eigenvalue weighted by molar-refractivity contribution is 7.99. The molecule has 1 aliphatic heterocycles. The van der Waals surface area contributed by atoms with Gasteiger partial charge in [-0.15, -0.1) is 0 Å². The van der Waals surface area contributed by atoms with Crippen LogP contribution in [0, 0.1) is 0 Å². The van der Waals surface area contributed by atoms with Gasteiger partial charge in [0.15, 0.2) is 0 Å². The summed E-state index contributed by atoms with van der Waals surface area (Å²) < 4.78 is 141. The van der Waals surface area contributed by atoms with E-state index in [0.717, 1.165) is 24.3 Å². The number of halogens is 6.